The van der Waals surface area contributed by atoms with E-state index in [2.05, 4.69) is 50.0 Å². The topological polar surface area (TPSA) is 50.2 Å². The number of hydrogen-bond acceptors (Lipinski definition) is 2. The maximum atomic E-state index is 11.2. The Morgan fingerprint density at radius 2 is 1.80 bits per heavy atom. The predicted octanol–water partition coefficient (Wildman–Crippen LogP) is 1.73. The summed E-state index contributed by atoms with van der Waals surface area (Å²) >= 11 is -0.0208. The first-order valence-corrected chi connectivity index (χ1v) is 8.05. The van der Waals surface area contributed by atoms with Crippen molar-refractivity contribution in [2.75, 3.05) is 0 Å². The molecule has 0 unspecified atom stereocenters. The third-order valence-electron chi connectivity index (χ3n) is 2.96. The van der Waals surface area contributed by atoms with Gasteiger partial charge in [-0.3, -0.25) is 0 Å². The molecule has 0 saturated carbocycles. The fraction of sp³-hybridized carbons (Fsp3) is 0.250. The summed E-state index contributed by atoms with van der Waals surface area (Å²) in [6.45, 7) is 6.54. The number of nitrogens with zero attached hydrogens (tertiary/aromatic N) is 1. The van der Waals surface area contributed by atoms with E-state index in [0.717, 1.165) is 4.46 Å². The third kappa shape index (κ3) is 3.47. The molecule has 2 aromatic rings. The zero-order valence-corrected chi connectivity index (χ0v) is 13.5. The minimum atomic E-state index is -0.915. The number of carboxylic acids is 1. The molecular weight excluding hydrogens is 317 g/mol. The first kappa shape index (κ1) is 14.8. The van der Waals surface area contributed by atoms with Crippen LogP contribution in [0.3, 0.4) is 0 Å². The first-order valence-electron chi connectivity index (χ1n) is 6.33. The maximum absolute atomic E-state index is 11.2. The molecule has 1 N–H and O–H groups in total. The molecule has 0 aliphatic rings. The molecule has 104 valence electrons. The van der Waals surface area contributed by atoms with Gasteiger partial charge in [0.2, 0.25) is 0 Å². The number of rotatable bonds is 3. The average molecular weight is 334 g/mol. The number of carbonyl (C=O) groups is 1. The average Bonchev–Trinajstić information content (AvgIpc) is 2.38. The normalized spacial score (nSPS) is 11.3. The van der Waals surface area contributed by atoms with E-state index < -0.39 is 5.97 Å². The van der Waals surface area contributed by atoms with Gasteiger partial charge in [-0.25, -0.2) is 0 Å². The van der Waals surface area contributed by atoms with Crippen LogP contribution in [0.1, 0.15) is 36.7 Å². The molecule has 0 saturated heterocycles. The van der Waals surface area contributed by atoms with Gasteiger partial charge in [-0.15, -0.1) is 0 Å². The van der Waals surface area contributed by atoms with Gasteiger partial charge in [0.25, 0.3) is 0 Å². The molecule has 1 heterocycles. The van der Waals surface area contributed by atoms with E-state index in [0.29, 0.717) is 5.56 Å². The molecule has 0 fully saturated rings. The number of pyridine rings is 1. The molecule has 0 spiro atoms. The molecule has 4 heteroatoms. The number of carboxylic acid groups (broad SMARTS) is 1. The second kappa shape index (κ2) is 5.78. The molecule has 2 rings (SSSR count). The van der Waals surface area contributed by atoms with Gasteiger partial charge in [-0.1, -0.05) is 0 Å². The van der Waals surface area contributed by atoms with Crippen molar-refractivity contribution in [3.63, 3.8) is 0 Å². The van der Waals surface area contributed by atoms with Crippen LogP contribution >= 0.6 is 0 Å². The van der Waals surface area contributed by atoms with Crippen molar-refractivity contribution in [2.24, 2.45) is 0 Å². The zero-order valence-electron chi connectivity index (χ0n) is 11.8. The SMILES string of the molecule is CC(C)(C)c1ccc([Se]c2ccncc2C(=O)O)cc1. The molecule has 3 nitrogen and oxygen atoms in total. The minimum absolute atomic E-state index is 0.0208. The van der Waals surface area contributed by atoms with Crippen LogP contribution < -0.4 is 8.92 Å². The number of benzene rings is 1. The molecule has 0 amide bonds. The number of aromatic carboxylic acids is 1. The Hall–Kier alpha value is -1.64. The monoisotopic (exact) mass is 335 g/mol. The Bertz CT molecular complexity index is 615. The summed E-state index contributed by atoms with van der Waals surface area (Å²) in [5.41, 5.74) is 1.71. The molecule has 0 bridgehead atoms. The quantitative estimate of drug-likeness (QED) is 0.870. The van der Waals surface area contributed by atoms with Crippen LogP contribution in [0.25, 0.3) is 0 Å². The van der Waals surface area contributed by atoms with Gasteiger partial charge in [0.1, 0.15) is 0 Å². The van der Waals surface area contributed by atoms with E-state index in [9.17, 15) is 4.79 Å². The summed E-state index contributed by atoms with van der Waals surface area (Å²) in [5.74, 6) is -0.915. The third-order valence-corrected chi connectivity index (χ3v) is 5.23. The second-order valence-electron chi connectivity index (χ2n) is 5.55. The van der Waals surface area contributed by atoms with Crippen molar-refractivity contribution >= 4 is 29.8 Å². The summed E-state index contributed by atoms with van der Waals surface area (Å²) in [6.07, 6.45) is 3.07. The van der Waals surface area contributed by atoms with Crippen molar-refractivity contribution in [3.8, 4) is 0 Å². The molecule has 0 aliphatic carbocycles. The van der Waals surface area contributed by atoms with Gasteiger partial charge >= 0.3 is 125 Å². The van der Waals surface area contributed by atoms with Crippen LogP contribution in [0.2, 0.25) is 0 Å². The van der Waals surface area contributed by atoms with Gasteiger partial charge in [-0.05, 0) is 0 Å². The van der Waals surface area contributed by atoms with Crippen molar-refractivity contribution in [3.05, 3.63) is 53.9 Å². The summed E-state index contributed by atoms with van der Waals surface area (Å²) < 4.78 is 2.02. The van der Waals surface area contributed by atoms with E-state index in [-0.39, 0.29) is 20.4 Å². The Morgan fingerprint density at radius 3 is 2.35 bits per heavy atom. The Labute approximate surface area is 125 Å². The van der Waals surface area contributed by atoms with E-state index in [1.54, 1.807) is 12.3 Å². The van der Waals surface area contributed by atoms with Crippen LogP contribution in [-0.4, -0.2) is 31.0 Å². The van der Waals surface area contributed by atoms with Crippen LogP contribution in [0.5, 0.6) is 0 Å². The van der Waals surface area contributed by atoms with Crippen molar-refractivity contribution in [1.29, 1.82) is 0 Å². The standard InChI is InChI=1S/C16H17NO2Se/c1-16(2,3)11-4-6-12(7-5-11)20-14-8-9-17-10-13(14)15(18)19/h4-10H,1-3H3,(H,18,19). The van der Waals surface area contributed by atoms with E-state index in [1.807, 2.05) is 0 Å². The summed E-state index contributed by atoms with van der Waals surface area (Å²) in [6, 6.07) is 10.2. The van der Waals surface area contributed by atoms with Gasteiger partial charge < -0.3 is 0 Å². The molecule has 0 radical (unpaired) electrons. The Morgan fingerprint density at radius 1 is 1.15 bits per heavy atom. The fourth-order valence-corrected chi connectivity index (χ4v) is 3.68. The van der Waals surface area contributed by atoms with Gasteiger partial charge in [0.05, 0.1) is 0 Å². The Balaban J connectivity index is 2.25. The summed E-state index contributed by atoms with van der Waals surface area (Å²) in [7, 11) is 0. The predicted molar refractivity (Wildman–Crippen MR) is 81.4 cm³/mol. The zero-order chi connectivity index (χ0) is 14.8. The van der Waals surface area contributed by atoms with Gasteiger partial charge in [0, 0.05) is 0 Å². The van der Waals surface area contributed by atoms with E-state index >= 15 is 0 Å². The number of hydrogen-bond donors (Lipinski definition) is 1. The molecule has 20 heavy (non-hydrogen) atoms. The first-order chi connectivity index (χ1) is 9.38. The van der Waals surface area contributed by atoms with Crippen molar-refractivity contribution in [2.45, 2.75) is 26.2 Å². The van der Waals surface area contributed by atoms with Gasteiger partial charge in [-0.2, -0.15) is 0 Å². The summed E-state index contributed by atoms with van der Waals surface area (Å²) in [5, 5.41) is 9.16. The van der Waals surface area contributed by atoms with Crippen LogP contribution in [-0.2, 0) is 5.41 Å². The van der Waals surface area contributed by atoms with E-state index in [4.69, 9.17) is 5.11 Å². The summed E-state index contributed by atoms with van der Waals surface area (Å²) in [4.78, 5) is 15.1. The molecule has 1 aromatic carbocycles. The molecule has 0 aliphatic heterocycles. The van der Waals surface area contributed by atoms with E-state index in [1.165, 1.54) is 16.2 Å². The van der Waals surface area contributed by atoms with Crippen molar-refractivity contribution < 1.29 is 9.90 Å². The molecule has 1 aromatic heterocycles. The van der Waals surface area contributed by atoms with Crippen LogP contribution in [0, 0.1) is 0 Å². The van der Waals surface area contributed by atoms with Crippen LogP contribution in [0.15, 0.2) is 42.7 Å². The second-order valence-corrected chi connectivity index (χ2v) is 7.89. The number of aromatic nitrogens is 1. The molecular formula is C16H17NO2Se. The van der Waals surface area contributed by atoms with Crippen molar-refractivity contribution in [1.82, 2.24) is 4.98 Å². The molecule has 0 atom stereocenters. The fourth-order valence-electron chi connectivity index (χ4n) is 1.78. The Kier molecular flexibility index (Phi) is 4.26. The van der Waals surface area contributed by atoms with Crippen LogP contribution in [0.4, 0.5) is 0 Å². The van der Waals surface area contributed by atoms with Gasteiger partial charge in [0.15, 0.2) is 0 Å².